The van der Waals surface area contributed by atoms with Gasteiger partial charge in [0.2, 0.25) is 0 Å². The van der Waals surface area contributed by atoms with Gasteiger partial charge in [-0.05, 0) is 6.92 Å². The highest BCUT2D eigenvalue weighted by Crippen LogP contribution is 2.25. The third-order valence-electron chi connectivity index (χ3n) is 1.77. The minimum Gasteiger partial charge on any atom is -0.333 e. The number of hydrogen-bond donors (Lipinski definition) is 0. The van der Waals surface area contributed by atoms with Gasteiger partial charge in [-0.3, -0.25) is 4.18 Å². The molecular formula is C7H9F3N2O3S. The van der Waals surface area contributed by atoms with Gasteiger partial charge in [0.25, 0.3) is 0 Å². The molecule has 5 nitrogen and oxygen atoms in total. The van der Waals surface area contributed by atoms with Gasteiger partial charge in [0.05, 0.1) is 0 Å². The minimum absolute atomic E-state index is 0.121. The van der Waals surface area contributed by atoms with E-state index in [-0.39, 0.29) is 5.82 Å². The molecule has 92 valence electrons. The third-order valence-corrected chi connectivity index (χ3v) is 2.76. The maximum absolute atomic E-state index is 11.9. The molecule has 0 saturated heterocycles. The van der Waals surface area contributed by atoms with E-state index in [2.05, 4.69) is 9.17 Å². The maximum Gasteiger partial charge on any atom is 0.523 e. The van der Waals surface area contributed by atoms with Crippen LogP contribution in [-0.4, -0.2) is 23.5 Å². The normalized spacial score (nSPS) is 13.0. The van der Waals surface area contributed by atoms with Gasteiger partial charge in [0, 0.05) is 18.9 Å². The lowest BCUT2D eigenvalue weighted by atomic mass is 10.6. The summed E-state index contributed by atoms with van der Waals surface area (Å²) in [5.41, 5.74) is -5.41. The predicted molar refractivity (Wildman–Crippen MR) is 47.7 cm³/mol. The van der Waals surface area contributed by atoms with Crippen LogP contribution in [0.1, 0.15) is 12.7 Å². The van der Waals surface area contributed by atoms with Crippen LogP contribution in [0.5, 0.6) is 0 Å². The molecule has 1 aromatic rings. The summed E-state index contributed by atoms with van der Waals surface area (Å²) in [6.45, 7) is 1.47. The highest BCUT2D eigenvalue weighted by atomic mass is 32.2. The summed E-state index contributed by atoms with van der Waals surface area (Å²) in [5.74, 6) is 0.121. The first-order valence-electron chi connectivity index (χ1n) is 4.23. The largest absolute Gasteiger partial charge is 0.523 e. The molecule has 16 heavy (non-hydrogen) atoms. The van der Waals surface area contributed by atoms with Crippen LogP contribution in [0.2, 0.25) is 0 Å². The average molecular weight is 258 g/mol. The molecule has 1 rings (SSSR count). The van der Waals surface area contributed by atoms with Gasteiger partial charge in [-0.1, -0.05) is 0 Å². The molecular weight excluding hydrogens is 249 g/mol. The highest BCUT2D eigenvalue weighted by molar-refractivity contribution is 7.87. The zero-order valence-corrected chi connectivity index (χ0v) is 9.05. The van der Waals surface area contributed by atoms with Crippen molar-refractivity contribution in [3.8, 4) is 0 Å². The molecule has 0 aliphatic heterocycles. The fourth-order valence-corrected chi connectivity index (χ4v) is 1.36. The topological polar surface area (TPSA) is 61.2 Å². The van der Waals surface area contributed by atoms with Crippen LogP contribution in [0.4, 0.5) is 13.2 Å². The van der Waals surface area contributed by atoms with E-state index in [1.807, 2.05) is 0 Å². The molecule has 0 N–H and O–H groups in total. The second-order valence-corrected chi connectivity index (χ2v) is 4.40. The molecule has 1 aromatic heterocycles. The predicted octanol–water partition coefficient (Wildman–Crippen LogP) is 1.27. The lowest BCUT2D eigenvalue weighted by Crippen LogP contribution is -2.25. The first-order chi connectivity index (χ1) is 7.28. The number of alkyl halides is 3. The van der Waals surface area contributed by atoms with Gasteiger partial charge in [-0.15, -0.1) is 0 Å². The second-order valence-electron chi connectivity index (χ2n) is 2.79. The van der Waals surface area contributed by atoms with Crippen molar-refractivity contribution in [3.63, 3.8) is 0 Å². The Bertz CT molecular complexity index is 452. The van der Waals surface area contributed by atoms with Gasteiger partial charge in [0.1, 0.15) is 12.4 Å². The molecule has 0 atom stereocenters. The quantitative estimate of drug-likeness (QED) is 0.602. The molecule has 1 heterocycles. The van der Waals surface area contributed by atoms with Crippen LogP contribution in [0.3, 0.4) is 0 Å². The molecule has 0 saturated carbocycles. The molecule has 0 aromatic carbocycles. The number of imidazole rings is 1. The Kier molecular flexibility index (Phi) is 3.58. The fourth-order valence-electron chi connectivity index (χ4n) is 0.965. The van der Waals surface area contributed by atoms with E-state index in [0.29, 0.717) is 6.54 Å². The van der Waals surface area contributed by atoms with Gasteiger partial charge in [-0.25, -0.2) is 4.98 Å². The van der Waals surface area contributed by atoms with E-state index in [1.54, 1.807) is 6.92 Å². The van der Waals surface area contributed by atoms with Crippen molar-refractivity contribution in [2.75, 3.05) is 0 Å². The van der Waals surface area contributed by atoms with E-state index in [9.17, 15) is 21.6 Å². The third kappa shape index (κ3) is 2.73. The smallest absolute Gasteiger partial charge is 0.333 e. The lowest BCUT2D eigenvalue weighted by molar-refractivity contribution is -0.0549. The first-order valence-corrected chi connectivity index (χ1v) is 5.64. The molecule has 0 unspecified atom stereocenters. The monoisotopic (exact) mass is 258 g/mol. The van der Waals surface area contributed by atoms with Crippen molar-refractivity contribution >= 4 is 10.1 Å². The number of aryl methyl sites for hydroxylation is 1. The van der Waals surface area contributed by atoms with Gasteiger partial charge < -0.3 is 4.57 Å². The van der Waals surface area contributed by atoms with Gasteiger partial charge in [-0.2, -0.15) is 21.6 Å². The van der Waals surface area contributed by atoms with Crippen LogP contribution in [-0.2, 0) is 27.5 Å². The summed E-state index contributed by atoms with van der Waals surface area (Å²) in [4.78, 5) is 3.68. The Balaban J connectivity index is 2.73. The Labute approximate surface area is 90.0 Å². The second kappa shape index (κ2) is 4.42. The zero-order valence-electron chi connectivity index (χ0n) is 8.23. The Hall–Kier alpha value is -1.09. The van der Waals surface area contributed by atoms with Crippen molar-refractivity contribution < 1.29 is 25.8 Å². The van der Waals surface area contributed by atoms with Crippen LogP contribution in [0, 0.1) is 0 Å². The van der Waals surface area contributed by atoms with Crippen LogP contribution in [0.15, 0.2) is 12.4 Å². The summed E-state index contributed by atoms with van der Waals surface area (Å²) in [5, 5.41) is 0. The van der Waals surface area contributed by atoms with Crippen molar-refractivity contribution in [1.29, 1.82) is 0 Å². The number of hydrogen-bond acceptors (Lipinski definition) is 4. The van der Waals surface area contributed by atoms with Crippen molar-refractivity contribution in [2.24, 2.45) is 0 Å². The standard InChI is InChI=1S/C7H9F3N2O3S/c1-2-12-4-3-11-6(12)5-15-16(13,14)7(8,9)10/h3-4H,2,5H2,1H3. The SMILES string of the molecule is CCn1ccnc1COS(=O)(=O)C(F)(F)F. The summed E-state index contributed by atoms with van der Waals surface area (Å²) in [6.07, 6.45) is 2.86. The van der Waals surface area contributed by atoms with E-state index in [0.717, 1.165) is 0 Å². The highest BCUT2D eigenvalue weighted by Gasteiger charge is 2.47. The van der Waals surface area contributed by atoms with E-state index in [4.69, 9.17) is 0 Å². The van der Waals surface area contributed by atoms with Crippen molar-refractivity contribution in [1.82, 2.24) is 9.55 Å². The summed E-state index contributed by atoms with van der Waals surface area (Å²) in [7, 11) is -5.55. The molecule has 0 aliphatic rings. The summed E-state index contributed by atoms with van der Waals surface area (Å²) in [6, 6.07) is 0. The number of nitrogens with zero attached hydrogens (tertiary/aromatic N) is 2. The summed E-state index contributed by atoms with van der Waals surface area (Å²) >= 11 is 0. The van der Waals surface area contributed by atoms with Crippen LogP contribution < -0.4 is 0 Å². The first kappa shape index (κ1) is 13.0. The molecule has 0 aliphatic carbocycles. The Morgan fingerprint density at radius 1 is 1.50 bits per heavy atom. The zero-order chi connectivity index (χ0) is 12.4. The van der Waals surface area contributed by atoms with E-state index in [1.165, 1.54) is 17.0 Å². The average Bonchev–Trinajstić information content (AvgIpc) is 2.60. The number of halogens is 3. The van der Waals surface area contributed by atoms with E-state index >= 15 is 0 Å². The summed E-state index contributed by atoms with van der Waals surface area (Å²) < 4.78 is 62.2. The molecule has 0 spiro atoms. The Morgan fingerprint density at radius 2 is 2.12 bits per heavy atom. The van der Waals surface area contributed by atoms with Crippen LogP contribution in [0.25, 0.3) is 0 Å². The minimum atomic E-state index is -5.55. The molecule has 9 heteroatoms. The molecule has 0 fully saturated rings. The van der Waals surface area contributed by atoms with E-state index < -0.39 is 22.2 Å². The Morgan fingerprint density at radius 3 is 2.62 bits per heavy atom. The number of aromatic nitrogens is 2. The van der Waals surface area contributed by atoms with Gasteiger partial charge >= 0.3 is 15.6 Å². The van der Waals surface area contributed by atoms with Gasteiger partial charge in [0.15, 0.2) is 0 Å². The fraction of sp³-hybridized carbons (Fsp3) is 0.571. The number of rotatable bonds is 4. The van der Waals surface area contributed by atoms with Crippen molar-refractivity contribution in [2.45, 2.75) is 25.6 Å². The van der Waals surface area contributed by atoms with Crippen molar-refractivity contribution in [3.05, 3.63) is 18.2 Å². The molecule has 0 radical (unpaired) electrons. The molecule has 0 bridgehead atoms. The molecule has 0 amide bonds. The maximum atomic E-state index is 11.9. The van der Waals surface area contributed by atoms with Crippen LogP contribution >= 0.6 is 0 Å². The lowest BCUT2D eigenvalue weighted by Gasteiger charge is -2.08.